The summed E-state index contributed by atoms with van der Waals surface area (Å²) in [5.74, 6) is 0.881. The maximum atomic E-state index is 13.7. The smallest absolute Gasteiger partial charge is 0.341 e. The van der Waals surface area contributed by atoms with Crippen LogP contribution < -0.4 is 4.74 Å². The van der Waals surface area contributed by atoms with Gasteiger partial charge >= 0.3 is 5.97 Å². The molecule has 3 atom stereocenters. The number of hydrogen-bond acceptors (Lipinski definition) is 5. The molecule has 1 spiro atoms. The molecular weight excluding hydrogens is 478 g/mol. The lowest BCUT2D eigenvalue weighted by Crippen LogP contribution is -2.64. The third-order valence-corrected chi connectivity index (χ3v) is 8.82. The Bertz CT molecular complexity index is 1410. The number of piperidine rings is 2. The average Bonchev–Trinajstić information content (AvgIpc) is 3.26. The van der Waals surface area contributed by atoms with Crippen LogP contribution in [-0.2, 0) is 11.2 Å². The number of aryl methyl sites for hydroxylation is 1. The third kappa shape index (κ3) is 3.99. The van der Waals surface area contributed by atoms with Crippen molar-refractivity contribution >= 4 is 22.8 Å². The Balaban J connectivity index is 1.33. The molecule has 2 fully saturated rings. The van der Waals surface area contributed by atoms with Gasteiger partial charge in [0.2, 0.25) is 0 Å². The highest BCUT2D eigenvalue weighted by atomic mass is 16.5. The fourth-order valence-electron chi connectivity index (χ4n) is 6.94. The zero-order valence-electron chi connectivity index (χ0n) is 22.8. The Morgan fingerprint density at radius 1 is 1.16 bits per heavy atom. The summed E-state index contributed by atoms with van der Waals surface area (Å²) in [5.41, 5.74) is 4.60. The molecular formula is C31H37N3O4. The van der Waals surface area contributed by atoms with Crippen molar-refractivity contribution in [3.63, 3.8) is 0 Å². The number of carbonyl (C=O) groups is 2. The number of fused-ring (bicyclic) bond motifs is 3. The number of benzene rings is 2. The lowest BCUT2D eigenvalue weighted by Gasteiger charge is -2.56. The second kappa shape index (κ2) is 9.45. The maximum absolute atomic E-state index is 13.7. The Labute approximate surface area is 224 Å². The normalized spacial score (nSPS) is 23.5. The Morgan fingerprint density at radius 2 is 1.97 bits per heavy atom. The largest absolute Gasteiger partial charge is 0.472 e. The van der Waals surface area contributed by atoms with Gasteiger partial charge in [0.05, 0.1) is 5.56 Å². The number of nitrogens with one attached hydrogen (secondary N) is 1. The van der Waals surface area contributed by atoms with Crippen molar-refractivity contribution in [2.24, 2.45) is 5.92 Å². The van der Waals surface area contributed by atoms with Crippen molar-refractivity contribution in [1.29, 1.82) is 0 Å². The van der Waals surface area contributed by atoms with E-state index in [2.05, 4.69) is 16.0 Å². The molecule has 1 N–H and O–H groups in total. The van der Waals surface area contributed by atoms with Crippen LogP contribution in [0.25, 0.3) is 10.9 Å². The van der Waals surface area contributed by atoms with Gasteiger partial charge in [-0.05, 0) is 75.8 Å². The lowest BCUT2D eigenvalue weighted by atomic mass is 9.74. The standard InChI is InChI=1S/C31H37N3O4/c1-19-27(30(36)37-20(2)21-9-7-10-22(17-21)29(35)33(3)4)28-24-18-23-11-8-16-34-15-6-5-14-31(23,34)38-26(24)13-12-25(28)32-19/h7,9-10,12-13,17,20,23,32H,5-6,8,11,14-16,18H2,1-4H3. The predicted octanol–water partition coefficient (Wildman–Crippen LogP) is 5.62. The van der Waals surface area contributed by atoms with E-state index in [0.717, 1.165) is 65.8 Å². The first kappa shape index (κ1) is 25.0. The lowest BCUT2D eigenvalue weighted by molar-refractivity contribution is -0.177. The van der Waals surface area contributed by atoms with E-state index in [1.807, 2.05) is 32.0 Å². The minimum Gasteiger partial charge on any atom is -0.472 e. The fourth-order valence-corrected chi connectivity index (χ4v) is 6.94. The molecule has 0 radical (unpaired) electrons. The zero-order valence-corrected chi connectivity index (χ0v) is 22.8. The summed E-state index contributed by atoms with van der Waals surface area (Å²) in [6.07, 6.45) is 6.25. The van der Waals surface area contributed by atoms with Crippen LogP contribution >= 0.6 is 0 Å². The monoisotopic (exact) mass is 515 g/mol. The van der Waals surface area contributed by atoms with Crippen LogP contribution in [0.2, 0.25) is 0 Å². The number of H-pyrrole nitrogens is 1. The molecule has 3 aliphatic heterocycles. The van der Waals surface area contributed by atoms with Crippen LogP contribution in [0.1, 0.15) is 82.7 Å². The van der Waals surface area contributed by atoms with Crippen molar-refractivity contribution in [1.82, 2.24) is 14.8 Å². The highest BCUT2D eigenvalue weighted by Gasteiger charge is 2.52. The number of nitrogens with zero attached hydrogens (tertiary/aromatic N) is 2. The van der Waals surface area contributed by atoms with E-state index in [1.54, 1.807) is 31.1 Å². The van der Waals surface area contributed by atoms with Gasteiger partial charge in [-0.3, -0.25) is 9.69 Å². The van der Waals surface area contributed by atoms with E-state index < -0.39 is 6.10 Å². The zero-order chi connectivity index (χ0) is 26.6. The Hall–Kier alpha value is -3.32. The number of hydrogen-bond donors (Lipinski definition) is 1. The first-order chi connectivity index (χ1) is 18.3. The van der Waals surface area contributed by atoms with Gasteiger partial charge in [0.15, 0.2) is 5.72 Å². The van der Waals surface area contributed by atoms with Gasteiger partial charge in [-0.2, -0.15) is 0 Å². The quantitative estimate of drug-likeness (QED) is 0.456. The van der Waals surface area contributed by atoms with Crippen molar-refractivity contribution in [3.05, 3.63) is 64.3 Å². The first-order valence-corrected chi connectivity index (χ1v) is 13.9. The first-order valence-electron chi connectivity index (χ1n) is 13.9. The molecule has 6 rings (SSSR count). The highest BCUT2D eigenvalue weighted by molar-refractivity contribution is 6.07. The van der Waals surface area contributed by atoms with Gasteiger partial charge in [0.1, 0.15) is 11.9 Å². The molecule has 7 nitrogen and oxygen atoms in total. The number of aromatic amines is 1. The molecule has 0 aliphatic carbocycles. The van der Waals surface area contributed by atoms with E-state index in [9.17, 15) is 9.59 Å². The van der Waals surface area contributed by atoms with Gasteiger partial charge in [0.25, 0.3) is 5.91 Å². The van der Waals surface area contributed by atoms with Crippen molar-refractivity contribution in [2.75, 3.05) is 27.2 Å². The SMILES string of the molecule is Cc1[nH]c2ccc3c(c2c1C(=O)OC(C)c1cccc(C(=O)N(C)C)c1)CC1CCCN2CCCCC12O3. The van der Waals surface area contributed by atoms with Crippen molar-refractivity contribution in [2.45, 2.75) is 64.2 Å². The molecule has 3 aliphatic rings. The summed E-state index contributed by atoms with van der Waals surface area (Å²) in [6.45, 7) is 5.99. The number of esters is 1. The van der Waals surface area contributed by atoms with Crippen molar-refractivity contribution in [3.8, 4) is 5.75 Å². The average molecular weight is 516 g/mol. The van der Waals surface area contributed by atoms with Crippen LogP contribution in [0.4, 0.5) is 0 Å². The summed E-state index contributed by atoms with van der Waals surface area (Å²) < 4.78 is 12.9. The summed E-state index contributed by atoms with van der Waals surface area (Å²) in [4.78, 5) is 33.7. The summed E-state index contributed by atoms with van der Waals surface area (Å²) >= 11 is 0. The molecule has 7 heteroatoms. The molecule has 3 aromatic rings. The number of rotatable bonds is 4. The van der Waals surface area contributed by atoms with Gasteiger partial charge in [-0.15, -0.1) is 0 Å². The van der Waals surface area contributed by atoms with Crippen LogP contribution in [-0.4, -0.2) is 59.6 Å². The molecule has 1 amide bonds. The number of amides is 1. The van der Waals surface area contributed by atoms with E-state index in [1.165, 1.54) is 19.3 Å². The van der Waals surface area contributed by atoms with Crippen molar-refractivity contribution < 1.29 is 19.1 Å². The Morgan fingerprint density at radius 3 is 2.79 bits per heavy atom. The third-order valence-electron chi connectivity index (χ3n) is 8.82. The molecule has 200 valence electrons. The van der Waals surface area contributed by atoms with Crippen LogP contribution in [0.15, 0.2) is 36.4 Å². The molecule has 3 unspecified atom stereocenters. The summed E-state index contributed by atoms with van der Waals surface area (Å²) in [6, 6.07) is 11.4. The van der Waals surface area contributed by atoms with Crippen LogP contribution in [0, 0.1) is 12.8 Å². The van der Waals surface area contributed by atoms with Gasteiger partial charge < -0.3 is 19.4 Å². The van der Waals surface area contributed by atoms with E-state index >= 15 is 0 Å². The molecule has 0 bridgehead atoms. The van der Waals surface area contributed by atoms with Gasteiger partial charge in [-0.25, -0.2) is 4.79 Å². The maximum Gasteiger partial charge on any atom is 0.341 e. The predicted molar refractivity (Wildman–Crippen MR) is 147 cm³/mol. The highest BCUT2D eigenvalue weighted by Crippen LogP contribution is 2.50. The molecule has 0 saturated carbocycles. The van der Waals surface area contributed by atoms with E-state index in [4.69, 9.17) is 9.47 Å². The van der Waals surface area contributed by atoms with E-state index in [0.29, 0.717) is 17.0 Å². The van der Waals surface area contributed by atoms with E-state index in [-0.39, 0.29) is 17.6 Å². The fraction of sp³-hybridized carbons (Fsp3) is 0.484. The minimum atomic E-state index is -0.505. The number of carbonyl (C=O) groups excluding carboxylic acids is 2. The van der Waals surface area contributed by atoms with Crippen LogP contribution in [0.3, 0.4) is 0 Å². The molecule has 38 heavy (non-hydrogen) atoms. The molecule has 1 aromatic heterocycles. The molecule has 2 aromatic carbocycles. The van der Waals surface area contributed by atoms with Gasteiger partial charge in [0, 0.05) is 67.2 Å². The number of ether oxygens (including phenoxy) is 2. The topological polar surface area (TPSA) is 74.9 Å². The summed E-state index contributed by atoms with van der Waals surface area (Å²) in [7, 11) is 3.45. The molecule has 4 heterocycles. The molecule has 2 saturated heterocycles. The van der Waals surface area contributed by atoms with Gasteiger partial charge in [-0.1, -0.05) is 12.1 Å². The minimum absolute atomic E-state index is 0.0820. The van der Waals surface area contributed by atoms with Crippen LogP contribution in [0.5, 0.6) is 5.75 Å². The number of aromatic nitrogens is 1. The second-order valence-electron chi connectivity index (χ2n) is 11.4. The summed E-state index contributed by atoms with van der Waals surface area (Å²) in [5, 5.41) is 0.927. The second-order valence-corrected chi connectivity index (χ2v) is 11.4. The Kier molecular flexibility index (Phi) is 6.22.